The van der Waals surface area contributed by atoms with E-state index in [0.29, 0.717) is 17.2 Å². The van der Waals surface area contributed by atoms with Crippen molar-refractivity contribution >= 4 is 5.91 Å². The maximum Gasteiger partial charge on any atom is 0.270 e. The monoisotopic (exact) mass is 297 g/mol. The van der Waals surface area contributed by atoms with E-state index in [1.807, 2.05) is 19.1 Å². The number of aliphatic hydroxyl groups excluding tert-OH is 1. The Labute approximate surface area is 129 Å². The summed E-state index contributed by atoms with van der Waals surface area (Å²) in [6, 6.07) is 7.14. The van der Waals surface area contributed by atoms with Crippen molar-refractivity contribution in [3.63, 3.8) is 0 Å². The molecule has 2 N–H and O–H groups in total. The third-order valence-corrected chi connectivity index (χ3v) is 3.96. The van der Waals surface area contributed by atoms with Crippen molar-refractivity contribution in [1.29, 1.82) is 0 Å². The van der Waals surface area contributed by atoms with E-state index < -0.39 is 0 Å². The van der Waals surface area contributed by atoms with Gasteiger partial charge in [-0.25, -0.2) is 0 Å². The molecule has 5 heteroatoms. The van der Waals surface area contributed by atoms with Gasteiger partial charge in [0.25, 0.3) is 5.91 Å². The van der Waals surface area contributed by atoms with Gasteiger partial charge in [0.2, 0.25) is 0 Å². The molecule has 5 nitrogen and oxygen atoms in total. The summed E-state index contributed by atoms with van der Waals surface area (Å²) in [6.07, 6.45) is 5.50. The van der Waals surface area contributed by atoms with Crippen molar-refractivity contribution < 1.29 is 9.90 Å². The van der Waals surface area contributed by atoms with E-state index in [0.717, 1.165) is 24.1 Å². The van der Waals surface area contributed by atoms with Crippen LogP contribution in [-0.4, -0.2) is 21.0 Å². The van der Waals surface area contributed by atoms with Gasteiger partial charge < -0.3 is 10.4 Å². The van der Waals surface area contributed by atoms with Gasteiger partial charge in [-0.2, -0.15) is 0 Å². The van der Waals surface area contributed by atoms with E-state index in [2.05, 4.69) is 15.3 Å². The topological polar surface area (TPSA) is 75.1 Å². The zero-order valence-electron chi connectivity index (χ0n) is 12.5. The lowest BCUT2D eigenvalue weighted by Crippen LogP contribution is -2.31. The van der Waals surface area contributed by atoms with Crippen LogP contribution in [0.1, 0.15) is 46.2 Å². The number of carbonyl (C=O) groups excluding carboxylic acids is 1. The molecule has 3 rings (SSSR count). The van der Waals surface area contributed by atoms with Crippen LogP contribution >= 0.6 is 0 Å². The molecule has 1 saturated carbocycles. The molecule has 2 heterocycles. The molecule has 1 aliphatic rings. The maximum absolute atomic E-state index is 12.5. The quantitative estimate of drug-likeness (QED) is 0.887. The number of aliphatic hydroxyl groups is 1. The van der Waals surface area contributed by atoms with Gasteiger partial charge in [-0.15, -0.1) is 0 Å². The molecule has 2 aromatic rings. The average Bonchev–Trinajstić information content (AvgIpc) is 3.38. The second-order valence-electron chi connectivity index (χ2n) is 5.70. The predicted molar refractivity (Wildman–Crippen MR) is 82.1 cm³/mol. The summed E-state index contributed by atoms with van der Waals surface area (Å²) in [5.74, 6) is 0.218. The van der Waals surface area contributed by atoms with E-state index in [1.165, 1.54) is 0 Å². The summed E-state index contributed by atoms with van der Waals surface area (Å²) in [7, 11) is 0. The number of nitrogens with zero attached hydrogens (tertiary/aromatic N) is 2. The number of aromatic nitrogens is 2. The number of hydrogen-bond donors (Lipinski definition) is 2. The molecule has 0 unspecified atom stereocenters. The Bertz CT molecular complexity index is 683. The molecule has 2 aromatic heterocycles. The molecule has 0 aromatic carbocycles. The number of aryl methyl sites for hydroxylation is 1. The Morgan fingerprint density at radius 1 is 1.36 bits per heavy atom. The van der Waals surface area contributed by atoms with Crippen molar-refractivity contribution in [2.75, 3.05) is 0 Å². The first-order valence-corrected chi connectivity index (χ1v) is 7.47. The van der Waals surface area contributed by atoms with Gasteiger partial charge in [-0.1, -0.05) is 6.07 Å². The number of hydrogen-bond acceptors (Lipinski definition) is 4. The fourth-order valence-electron chi connectivity index (χ4n) is 2.57. The van der Waals surface area contributed by atoms with Crippen LogP contribution in [0, 0.1) is 12.8 Å². The summed E-state index contributed by atoms with van der Waals surface area (Å²) >= 11 is 0. The summed E-state index contributed by atoms with van der Waals surface area (Å²) < 4.78 is 0. The average molecular weight is 297 g/mol. The molecule has 0 spiro atoms. The highest BCUT2D eigenvalue weighted by Crippen LogP contribution is 2.41. The third-order valence-electron chi connectivity index (χ3n) is 3.96. The first kappa shape index (κ1) is 14.7. The van der Waals surface area contributed by atoms with Crippen LogP contribution in [0.5, 0.6) is 0 Å². The molecule has 1 fully saturated rings. The highest BCUT2D eigenvalue weighted by molar-refractivity contribution is 5.92. The lowest BCUT2D eigenvalue weighted by Gasteiger charge is -2.19. The summed E-state index contributed by atoms with van der Waals surface area (Å²) in [5.41, 5.74) is 3.01. The lowest BCUT2D eigenvalue weighted by atomic mass is 10.0. The van der Waals surface area contributed by atoms with E-state index in [9.17, 15) is 4.79 Å². The van der Waals surface area contributed by atoms with Crippen molar-refractivity contribution in [3.05, 3.63) is 59.2 Å². The number of carbonyl (C=O) groups is 1. The zero-order valence-corrected chi connectivity index (χ0v) is 12.5. The Balaban J connectivity index is 1.82. The molecule has 1 atom stereocenters. The van der Waals surface area contributed by atoms with E-state index in [-0.39, 0.29) is 18.6 Å². The highest BCUT2D eigenvalue weighted by Gasteiger charge is 2.35. The third kappa shape index (κ3) is 3.14. The fraction of sp³-hybridized carbons (Fsp3) is 0.353. The number of amides is 1. The second kappa shape index (κ2) is 6.23. The molecule has 0 saturated heterocycles. The normalized spacial score (nSPS) is 15.4. The van der Waals surface area contributed by atoms with Crippen molar-refractivity contribution in [2.45, 2.75) is 32.4 Å². The SMILES string of the molecule is Cc1cccnc1[C@@H](NC(=O)c1cc(CO)ccn1)C1CC1. The van der Waals surface area contributed by atoms with Crippen molar-refractivity contribution in [3.8, 4) is 0 Å². The Hall–Kier alpha value is -2.27. The molecule has 114 valence electrons. The summed E-state index contributed by atoms with van der Waals surface area (Å²) in [6.45, 7) is 1.91. The Morgan fingerprint density at radius 3 is 2.86 bits per heavy atom. The zero-order chi connectivity index (χ0) is 15.5. The van der Waals surface area contributed by atoms with Gasteiger partial charge >= 0.3 is 0 Å². The predicted octanol–water partition coefficient (Wildman–Crippen LogP) is 2.16. The fourth-order valence-corrected chi connectivity index (χ4v) is 2.57. The largest absolute Gasteiger partial charge is 0.392 e. The van der Waals surface area contributed by atoms with Gasteiger partial charge in [0.1, 0.15) is 5.69 Å². The number of rotatable bonds is 5. The van der Waals surface area contributed by atoms with E-state index >= 15 is 0 Å². The van der Waals surface area contributed by atoms with Crippen LogP contribution in [0.2, 0.25) is 0 Å². The maximum atomic E-state index is 12.5. The molecule has 22 heavy (non-hydrogen) atoms. The molecule has 0 aliphatic heterocycles. The minimum absolute atomic E-state index is 0.0757. The second-order valence-corrected chi connectivity index (χ2v) is 5.70. The first-order chi connectivity index (χ1) is 10.7. The smallest absolute Gasteiger partial charge is 0.270 e. The molecule has 1 amide bonds. The first-order valence-electron chi connectivity index (χ1n) is 7.47. The Morgan fingerprint density at radius 2 is 2.18 bits per heavy atom. The van der Waals surface area contributed by atoms with Crippen molar-refractivity contribution in [2.24, 2.45) is 5.92 Å². The molecular weight excluding hydrogens is 278 g/mol. The standard InChI is InChI=1S/C17H19N3O2/c1-11-3-2-7-19-15(11)16(13-4-5-13)20-17(22)14-9-12(10-21)6-8-18-14/h2-3,6-9,13,16,21H,4-5,10H2,1H3,(H,20,22)/t16-/m0/s1. The number of pyridine rings is 2. The van der Waals surface area contributed by atoms with Gasteiger partial charge in [0.05, 0.1) is 18.3 Å². The number of nitrogens with one attached hydrogen (secondary N) is 1. The van der Waals surface area contributed by atoms with Gasteiger partial charge in [0.15, 0.2) is 0 Å². The minimum Gasteiger partial charge on any atom is -0.392 e. The van der Waals surface area contributed by atoms with Crippen LogP contribution in [0.4, 0.5) is 0 Å². The molecule has 1 aliphatic carbocycles. The van der Waals surface area contributed by atoms with Crippen LogP contribution in [0.15, 0.2) is 36.7 Å². The van der Waals surface area contributed by atoms with E-state index in [4.69, 9.17) is 5.11 Å². The highest BCUT2D eigenvalue weighted by atomic mass is 16.3. The molecule has 0 bridgehead atoms. The lowest BCUT2D eigenvalue weighted by molar-refractivity contribution is 0.0925. The van der Waals surface area contributed by atoms with Gasteiger partial charge in [-0.3, -0.25) is 14.8 Å². The Kier molecular flexibility index (Phi) is 4.15. The van der Waals surface area contributed by atoms with E-state index in [1.54, 1.807) is 24.5 Å². The van der Waals surface area contributed by atoms with Crippen LogP contribution in [0.3, 0.4) is 0 Å². The van der Waals surface area contributed by atoms with Gasteiger partial charge in [0, 0.05) is 12.4 Å². The molecule has 0 radical (unpaired) electrons. The summed E-state index contributed by atoms with van der Waals surface area (Å²) in [5, 5.41) is 12.2. The van der Waals surface area contributed by atoms with Crippen molar-refractivity contribution in [1.82, 2.24) is 15.3 Å². The molecular formula is C17H19N3O2. The minimum atomic E-state index is -0.225. The summed E-state index contributed by atoms with van der Waals surface area (Å²) in [4.78, 5) is 21.0. The van der Waals surface area contributed by atoms with Crippen LogP contribution in [0.25, 0.3) is 0 Å². The van der Waals surface area contributed by atoms with Gasteiger partial charge in [-0.05, 0) is 55.0 Å². The van der Waals surface area contributed by atoms with Crippen LogP contribution in [-0.2, 0) is 6.61 Å². The van der Waals surface area contributed by atoms with Crippen LogP contribution < -0.4 is 5.32 Å².